The molecule has 0 aromatic heterocycles. The van der Waals surface area contributed by atoms with E-state index in [-0.39, 0.29) is 6.04 Å². The molecule has 0 fully saturated rings. The topological polar surface area (TPSA) is 37.3 Å². The Labute approximate surface area is 242 Å². The Morgan fingerprint density at radius 1 is 0.897 bits per heavy atom. The highest BCUT2D eigenvalue weighted by Crippen LogP contribution is 2.50. The fraction of sp³-hybridized carbons (Fsp3) is 0.194. The van der Waals surface area contributed by atoms with Gasteiger partial charge < -0.3 is 14.4 Å². The third kappa shape index (κ3) is 4.66. The fourth-order valence-electron chi connectivity index (χ4n) is 5.54. The molecule has 7 rings (SSSR count). The largest absolute Gasteiger partial charge is 0.486 e. The summed E-state index contributed by atoms with van der Waals surface area (Å²) >= 11 is 14.1. The molecule has 8 heteroatoms. The lowest BCUT2D eigenvalue weighted by Gasteiger charge is -2.42. The molecule has 0 bridgehead atoms. The molecule has 4 aliphatic rings. The molecular weight excluding hydrogens is 549 g/mol. The van der Waals surface area contributed by atoms with E-state index in [0.29, 0.717) is 13.2 Å². The molecule has 3 aromatic rings. The summed E-state index contributed by atoms with van der Waals surface area (Å²) in [5.41, 5.74) is 7.97. The molecule has 0 N–H and O–H groups in total. The Morgan fingerprint density at radius 3 is 2.38 bits per heavy atom. The van der Waals surface area contributed by atoms with Gasteiger partial charge >= 0.3 is 0 Å². The molecular formula is C31H25Cl2N3O2S. The summed E-state index contributed by atoms with van der Waals surface area (Å²) in [6.45, 7) is 2.76. The molecule has 0 unspecified atom stereocenters. The lowest BCUT2D eigenvalue weighted by molar-refractivity contribution is 0.171. The van der Waals surface area contributed by atoms with Crippen LogP contribution in [0.25, 0.3) is 11.8 Å². The van der Waals surface area contributed by atoms with Crippen molar-refractivity contribution in [2.24, 2.45) is 4.99 Å². The molecule has 3 aromatic carbocycles. The maximum atomic E-state index is 6.32. The van der Waals surface area contributed by atoms with Gasteiger partial charge in [-0.05, 0) is 77.9 Å². The van der Waals surface area contributed by atoms with Crippen LogP contribution in [0.15, 0.2) is 94.0 Å². The third-order valence-corrected chi connectivity index (χ3v) is 8.60. The second-order valence-electron chi connectivity index (χ2n) is 9.97. The van der Waals surface area contributed by atoms with E-state index in [1.165, 1.54) is 16.7 Å². The van der Waals surface area contributed by atoms with Gasteiger partial charge in [0, 0.05) is 34.1 Å². The van der Waals surface area contributed by atoms with Crippen LogP contribution in [0.2, 0.25) is 10.0 Å². The molecule has 5 nitrogen and oxygen atoms in total. The lowest BCUT2D eigenvalue weighted by atomic mass is 9.88. The lowest BCUT2D eigenvalue weighted by Crippen LogP contribution is -2.40. The number of hydrogen-bond acceptors (Lipinski definition) is 6. The highest BCUT2D eigenvalue weighted by molar-refractivity contribution is 8.16. The van der Waals surface area contributed by atoms with Crippen LogP contribution in [-0.4, -0.2) is 48.3 Å². The Bertz CT molecular complexity index is 1580. The van der Waals surface area contributed by atoms with Gasteiger partial charge in [-0.3, -0.25) is 4.90 Å². The Balaban J connectivity index is 1.36. The highest BCUT2D eigenvalue weighted by Gasteiger charge is 2.41. The van der Waals surface area contributed by atoms with Crippen molar-refractivity contribution < 1.29 is 9.47 Å². The Morgan fingerprint density at radius 2 is 1.62 bits per heavy atom. The van der Waals surface area contributed by atoms with E-state index in [2.05, 4.69) is 64.7 Å². The first kappa shape index (κ1) is 24.9. The number of benzene rings is 3. The van der Waals surface area contributed by atoms with E-state index < -0.39 is 0 Å². The Kier molecular flexibility index (Phi) is 6.44. The summed E-state index contributed by atoms with van der Waals surface area (Å²) in [5.74, 6) is 1.56. The van der Waals surface area contributed by atoms with E-state index in [0.717, 1.165) is 62.3 Å². The Hall–Kier alpha value is -3.16. The summed E-state index contributed by atoms with van der Waals surface area (Å²) in [4.78, 5) is 9.99. The van der Waals surface area contributed by atoms with Gasteiger partial charge in [0.05, 0.1) is 17.4 Å². The zero-order valence-electron chi connectivity index (χ0n) is 21.2. The van der Waals surface area contributed by atoms with Crippen molar-refractivity contribution in [1.82, 2.24) is 9.80 Å². The first-order valence-electron chi connectivity index (χ1n) is 12.8. The molecule has 0 aliphatic carbocycles. The summed E-state index contributed by atoms with van der Waals surface area (Å²) in [6, 6.07) is 22.3. The van der Waals surface area contributed by atoms with Crippen molar-refractivity contribution in [2.75, 3.05) is 33.4 Å². The van der Waals surface area contributed by atoms with Crippen molar-refractivity contribution in [3.05, 3.63) is 116 Å². The average molecular weight is 575 g/mol. The van der Waals surface area contributed by atoms with Crippen LogP contribution >= 0.6 is 35.0 Å². The van der Waals surface area contributed by atoms with E-state index in [9.17, 15) is 0 Å². The predicted octanol–water partition coefficient (Wildman–Crippen LogP) is 7.51. The summed E-state index contributed by atoms with van der Waals surface area (Å²) in [6.07, 6.45) is 2.23. The van der Waals surface area contributed by atoms with Crippen molar-refractivity contribution in [1.29, 1.82) is 0 Å². The van der Waals surface area contributed by atoms with Crippen LogP contribution in [0.5, 0.6) is 11.5 Å². The monoisotopic (exact) mass is 573 g/mol. The van der Waals surface area contributed by atoms with Gasteiger partial charge in [0.1, 0.15) is 13.2 Å². The molecule has 0 spiro atoms. The summed E-state index contributed by atoms with van der Waals surface area (Å²) in [7, 11) is 2.16. The van der Waals surface area contributed by atoms with Crippen molar-refractivity contribution in [3.8, 4) is 11.5 Å². The number of fused-ring (bicyclic) bond motifs is 2. The number of ether oxygens (including phenoxy) is 2. The van der Waals surface area contributed by atoms with Gasteiger partial charge in [-0.25, -0.2) is 4.99 Å². The first-order valence-corrected chi connectivity index (χ1v) is 14.5. The maximum absolute atomic E-state index is 6.32. The average Bonchev–Trinajstić information content (AvgIpc) is 3.37. The second-order valence-corrected chi connectivity index (χ2v) is 11.7. The van der Waals surface area contributed by atoms with Gasteiger partial charge in [0.2, 0.25) is 0 Å². The van der Waals surface area contributed by atoms with Crippen LogP contribution in [0.4, 0.5) is 0 Å². The van der Waals surface area contributed by atoms with Crippen LogP contribution < -0.4 is 9.47 Å². The molecule has 0 amide bonds. The van der Waals surface area contributed by atoms with E-state index in [1.807, 2.05) is 30.3 Å². The van der Waals surface area contributed by atoms with Gasteiger partial charge in [0.15, 0.2) is 16.7 Å². The highest BCUT2D eigenvalue weighted by atomic mass is 35.5. The number of thioether (sulfide) groups is 1. The molecule has 39 heavy (non-hydrogen) atoms. The maximum Gasteiger partial charge on any atom is 0.174 e. The van der Waals surface area contributed by atoms with Gasteiger partial charge in [-0.2, -0.15) is 0 Å². The standard InChI is InChI=1S/C31H25Cl2N3O2S/c1-35-16-22(14-19-2-7-23(32)8-3-19)29-25(17-35)30(20-4-9-24(33)10-5-20)36-26(18-39-31(36)34-29)21-6-11-27-28(15-21)38-13-12-37-27/h2-11,14-15,18,30H,12-13,16-17H2,1H3/b22-14+/t30-/m1/s1. The number of hydrogen-bond donors (Lipinski definition) is 0. The van der Waals surface area contributed by atoms with Crippen LogP contribution in [0.1, 0.15) is 22.7 Å². The van der Waals surface area contributed by atoms with E-state index >= 15 is 0 Å². The van der Waals surface area contributed by atoms with Gasteiger partial charge in [-0.15, -0.1) is 0 Å². The van der Waals surface area contributed by atoms with E-state index in [4.69, 9.17) is 37.7 Å². The van der Waals surface area contributed by atoms with Crippen LogP contribution in [0.3, 0.4) is 0 Å². The predicted molar refractivity (Wildman–Crippen MR) is 160 cm³/mol. The smallest absolute Gasteiger partial charge is 0.174 e. The number of likely N-dealkylation sites (N-methyl/N-ethyl adjacent to an activating group) is 1. The number of amidine groups is 1. The molecule has 0 saturated carbocycles. The fourth-order valence-corrected chi connectivity index (χ4v) is 6.72. The van der Waals surface area contributed by atoms with Crippen molar-refractivity contribution in [3.63, 3.8) is 0 Å². The number of halogens is 2. The van der Waals surface area contributed by atoms with Gasteiger partial charge in [-0.1, -0.05) is 59.2 Å². The summed E-state index contributed by atoms with van der Waals surface area (Å²) in [5, 5.41) is 4.61. The minimum atomic E-state index is -0.0319. The molecule has 1 atom stereocenters. The minimum absolute atomic E-state index is 0.0319. The molecule has 0 radical (unpaired) electrons. The SMILES string of the molecule is CN1CC2=C(N=C3SC=C(c4ccc5c(c4)OCCO5)N3[C@@H]2c2ccc(Cl)cc2)/C(=C/c2ccc(Cl)cc2)C1. The molecule has 4 aliphatic heterocycles. The zero-order valence-corrected chi connectivity index (χ0v) is 23.6. The minimum Gasteiger partial charge on any atom is -0.486 e. The van der Waals surface area contributed by atoms with Crippen LogP contribution in [0, 0.1) is 0 Å². The molecule has 196 valence electrons. The number of aliphatic imine (C=N–C) groups is 1. The van der Waals surface area contributed by atoms with Crippen molar-refractivity contribution >= 4 is 51.9 Å². The number of rotatable bonds is 3. The first-order chi connectivity index (χ1) is 19.0. The van der Waals surface area contributed by atoms with E-state index in [1.54, 1.807) is 11.8 Å². The molecule has 4 heterocycles. The third-order valence-electron chi connectivity index (χ3n) is 7.26. The van der Waals surface area contributed by atoms with Crippen LogP contribution in [-0.2, 0) is 0 Å². The summed E-state index contributed by atoms with van der Waals surface area (Å²) < 4.78 is 11.7. The second kappa shape index (κ2) is 10.1. The quantitative estimate of drug-likeness (QED) is 0.324. The van der Waals surface area contributed by atoms with Crippen molar-refractivity contribution in [2.45, 2.75) is 6.04 Å². The molecule has 0 saturated heterocycles. The number of nitrogens with zero attached hydrogens (tertiary/aromatic N) is 3. The normalized spacial score (nSPS) is 21.5. The zero-order chi connectivity index (χ0) is 26.5. The van der Waals surface area contributed by atoms with Gasteiger partial charge in [0.25, 0.3) is 0 Å².